The maximum Gasteiger partial charge on any atom is 0.337 e. The molecule has 7 heteroatoms. The van der Waals surface area contributed by atoms with Gasteiger partial charge in [0.25, 0.3) is 5.91 Å². The lowest BCUT2D eigenvalue weighted by atomic mass is 10.1. The summed E-state index contributed by atoms with van der Waals surface area (Å²) in [6.45, 7) is 0. The van der Waals surface area contributed by atoms with Gasteiger partial charge in [-0.15, -0.1) is 0 Å². The molecular weight excluding hydrogens is 312 g/mol. The van der Waals surface area contributed by atoms with Crippen molar-refractivity contribution >= 4 is 17.6 Å². The fourth-order valence-corrected chi connectivity index (χ4v) is 2.02. The molecule has 0 aliphatic carbocycles. The van der Waals surface area contributed by atoms with E-state index in [4.69, 9.17) is 9.26 Å². The molecule has 1 amide bonds. The molecule has 0 radical (unpaired) electrons. The first-order valence-corrected chi connectivity index (χ1v) is 6.96. The Morgan fingerprint density at radius 1 is 1.04 bits per heavy atom. The van der Waals surface area contributed by atoms with Crippen LogP contribution in [-0.2, 0) is 0 Å². The average Bonchev–Trinajstić information content (AvgIpc) is 3.10. The van der Waals surface area contributed by atoms with Crippen LogP contribution < -0.4 is 10.1 Å². The third-order valence-corrected chi connectivity index (χ3v) is 3.11. The lowest BCUT2D eigenvalue weighted by Gasteiger charge is -2.11. The highest BCUT2D eigenvalue weighted by molar-refractivity contribution is 6.06. The third kappa shape index (κ3) is 3.41. The largest absolute Gasteiger partial charge is 0.478 e. The van der Waals surface area contributed by atoms with Gasteiger partial charge in [-0.05, 0) is 24.3 Å². The monoisotopic (exact) mass is 324 g/mol. The Hall–Kier alpha value is -3.61. The van der Waals surface area contributed by atoms with Gasteiger partial charge in [-0.25, -0.2) is 4.79 Å². The van der Waals surface area contributed by atoms with Crippen molar-refractivity contribution in [3.05, 3.63) is 72.1 Å². The Kier molecular flexibility index (Phi) is 4.24. The molecule has 0 spiro atoms. The van der Waals surface area contributed by atoms with Crippen LogP contribution in [-0.4, -0.2) is 22.1 Å². The number of para-hydroxylation sites is 1. The van der Waals surface area contributed by atoms with E-state index in [1.54, 1.807) is 12.1 Å². The van der Waals surface area contributed by atoms with Crippen LogP contribution in [0.4, 0.5) is 5.69 Å². The minimum atomic E-state index is -1.17. The zero-order valence-corrected chi connectivity index (χ0v) is 12.3. The van der Waals surface area contributed by atoms with Crippen molar-refractivity contribution in [3.63, 3.8) is 0 Å². The number of carboxylic acid groups (broad SMARTS) is 1. The topological polar surface area (TPSA) is 102 Å². The number of amides is 1. The van der Waals surface area contributed by atoms with Crippen LogP contribution in [0, 0.1) is 0 Å². The number of nitrogens with zero attached hydrogens (tertiary/aromatic N) is 1. The van der Waals surface area contributed by atoms with Gasteiger partial charge in [0.05, 0.1) is 17.4 Å². The quantitative estimate of drug-likeness (QED) is 0.745. The zero-order valence-electron chi connectivity index (χ0n) is 12.3. The molecule has 0 aliphatic heterocycles. The summed E-state index contributed by atoms with van der Waals surface area (Å²) in [7, 11) is 0. The van der Waals surface area contributed by atoms with E-state index in [0.717, 1.165) is 0 Å². The second-order valence-electron chi connectivity index (χ2n) is 4.76. The average molecular weight is 324 g/mol. The minimum Gasteiger partial charge on any atom is -0.478 e. The normalized spacial score (nSPS) is 10.2. The van der Waals surface area contributed by atoms with Crippen LogP contribution in [0.1, 0.15) is 20.9 Å². The van der Waals surface area contributed by atoms with Gasteiger partial charge in [-0.1, -0.05) is 23.4 Å². The van der Waals surface area contributed by atoms with Crippen LogP contribution in [0.3, 0.4) is 0 Å². The standard InChI is InChI=1S/C17H12N2O5/c20-16(15-8-9-18-24-15)19-14-10-12(6-7-13(14)17(21)22)23-11-4-2-1-3-5-11/h1-10H,(H,19,20)(H,21,22). The second-order valence-corrected chi connectivity index (χ2v) is 4.76. The highest BCUT2D eigenvalue weighted by Crippen LogP contribution is 2.27. The number of anilines is 1. The number of carbonyl (C=O) groups excluding carboxylic acids is 1. The SMILES string of the molecule is O=C(Nc1cc(Oc2ccccc2)ccc1C(=O)O)c1ccno1. The number of carboxylic acids is 1. The summed E-state index contributed by atoms with van der Waals surface area (Å²) in [5.74, 6) is -0.825. The summed E-state index contributed by atoms with van der Waals surface area (Å²) in [5.41, 5.74) is 0.0283. The van der Waals surface area contributed by atoms with Crippen molar-refractivity contribution in [2.24, 2.45) is 0 Å². The van der Waals surface area contributed by atoms with Gasteiger partial charge < -0.3 is 19.7 Å². The molecule has 1 heterocycles. The first-order chi connectivity index (χ1) is 11.6. The predicted molar refractivity (Wildman–Crippen MR) is 84.4 cm³/mol. The molecule has 0 fully saturated rings. The number of aromatic nitrogens is 1. The molecule has 0 saturated carbocycles. The molecule has 2 N–H and O–H groups in total. The Morgan fingerprint density at radius 2 is 1.83 bits per heavy atom. The van der Waals surface area contributed by atoms with Crippen molar-refractivity contribution in [3.8, 4) is 11.5 Å². The molecule has 24 heavy (non-hydrogen) atoms. The second kappa shape index (κ2) is 6.66. The van der Waals surface area contributed by atoms with E-state index in [2.05, 4.69) is 10.5 Å². The van der Waals surface area contributed by atoms with Crippen LogP contribution in [0.5, 0.6) is 11.5 Å². The number of nitrogens with one attached hydrogen (secondary N) is 1. The summed E-state index contributed by atoms with van der Waals surface area (Å²) in [6, 6.07) is 14.7. The fraction of sp³-hybridized carbons (Fsp3) is 0. The number of carbonyl (C=O) groups is 2. The molecule has 0 aliphatic rings. The van der Waals surface area contributed by atoms with Crippen molar-refractivity contribution in [2.75, 3.05) is 5.32 Å². The van der Waals surface area contributed by atoms with Crippen molar-refractivity contribution in [1.29, 1.82) is 0 Å². The summed E-state index contributed by atoms with van der Waals surface area (Å²) >= 11 is 0. The van der Waals surface area contributed by atoms with Gasteiger partial charge in [0.1, 0.15) is 11.5 Å². The van der Waals surface area contributed by atoms with Gasteiger partial charge in [0, 0.05) is 12.1 Å². The third-order valence-electron chi connectivity index (χ3n) is 3.11. The lowest BCUT2D eigenvalue weighted by Crippen LogP contribution is -2.14. The lowest BCUT2D eigenvalue weighted by molar-refractivity contribution is 0.0698. The minimum absolute atomic E-state index is 0.0271. The predicted octanol–water partition coefficient (Wildman–Crippen LogP) is 3.42. The molecule has 120 valence electrons. The number of hydrogen-bond donors (Lipinski definition) is 2. The van der Waals surface area contributed by atoms with Crippen LogP contribution in [0.2, 0.25) is 0 Å². The number of ether oxygens (including phenoxy) is 1. The highest BCUT2D eigenvalue weighted by atomic mass is 16.5. The van der Waals surface area contributed by atoms with Crippen molar-refractivity contribution in [1.82, 2.24) is 5.16 Å². The smallest absolute Gasteiger partial charge is 0.337 e. The zero-order chi connectivity index (χ0) is 16.9. The maximum absolute atomic E-state index is 12.0. The van der Waals surface area contributed by atoms with Crippen LogP contribution in [0.15, 0.2) is 65.3 Å². The number of rotatable bonds is 5. The van der Waals surface area contributed by atoms with Gasteiger partial charge >= 0.3 is 5.97 Å². The number of aromatic carboxylic acids is 1. The van der Waals surface area contributed by atoms with E-state index in [1.165, 1.54) is 30.5 Å². The molecule has 3 rings (SSSR count). The van der Waals surface area contributed by atoms with Gasteiger partial charge in [-0.2, -0.15) is 0 Å². The van der Waals surface area contributed by atoms with Crippen molar-refractivity contribution < 1.29 is 24.0 Å². The van der Waals surface area contributed by atoms with Crippen LogP contribution >= 0.6 is 0 Å². The van der Waals surface area contributed by atoms with E-state index in [9.17, 15) is 14.7 Å². The number of benzene rings is 2. The number of hydrogen-bond acceptors (Lipinski definition) is 5. The summed E-state index contributed by atoms with van der Waals surface area (Å²) in [4.78, 5) is 23.4. The van der Waals surface area contributed by atoms with Gasteiger partial charge in [0.15, 0.2) is 0 Å². The van der Waals surface area contributed by atoms with E-state index >= 15 is 0 Å². The molecule has 2 aromatic carbocycles. The Labute approximate surface area is 136 Å². The summed E-state index contributed by atoms with van der Waals surface area (Å²) in [6.07, 6.45) is 1.32. The first-order valence-electron chi connectivity index (χ1n) is 6.96. The first kappa shape index (κ1) is 15.3. The van der Waals surface area contributed by atoms with Gasteiger partial charge in [0.2, 0.25) is 5.76 Å². The van der Waals surface area contributed by atoms with E-state index in [0.29, 0.717) is 11.5 Å². The Bertz CT molecular complexity index is 860. The van der Waals surface area contributed by atoms with E-state index < -0.39 is 11.9 Å². The molecule has 0 bridgehead atoms. The molecular formula is C17H12N2O5. The fourth-order valence-electron chi connectivity index (χ4n) is 2.02. The van der Waals surface area contributed by atoms with Gasteiger partial charge in [-0.3, -0.25) is 4.79 Å². The highest BCUT2D eigenvalue weighted by Gasteiger charge is 2.17. The van der Waals surface area contributed by atoms with E-state index in [1.807, 2.05) is 18.2 Å². The molecule has 7 nitrogen and oxygen atoms in total. The Balaban J connectivity index is 1.88. The Morgan fingerprint density at radius 3 is 2.50 bits per heavy atom. The molecule has 0 atom stereocenters. The van der Waals surface area contributed by atoms with E-state index in [-0.39, 0.29) is 17.0 Å². The molecule has 0 saturated heterocycles. The van der Waals surface area contributed by atoms with Crippen molar-refractivity contribution in [2.45, 2.75) is 0 Å². The molecule has 0 unspecified atom stereocenters. The molecule has 3 aromatic rings. The van der Waals surface area contributed by atoms with Crippen LogP contribution in [0.25, 0.3) is 0 Å². The maximum atomic E-state index is 12.0. The molecule has 1 aromatic heterocycles. The summed E-state index contributed by atoms with van der Waals surface area (Å²) < 4.78 is 10.4. The summed E-state index contributed by atoms with van der Waals surface area (Å²) in [5, 5.41) is 15.2.